The molecule has 0 bridgehead atoms. The molecule has 0 unspecified atom stereocenters. The van der Waals surface area contributed by atoms with Gasteiger partial charge in [0, 0.05) is 13.1 Å². The Bertz CT molecular complexity index is 773. The van der Waals surface area contributed by atoms with Crippen LogP contribution >= 0.6 is 11.6 Å². The number of allylic oxidation sites excluding steroid dienone is 1. The smallest absolute Gasteiger partial charge is 0.437 e. The lowest BCUT2D eigenvalue weighted by atomic mass is 10.2. The minimum absolute atomic E-state index is 0.143. The number of urea groups is 1. The van der Waals surface area contributed by atoms with E-state index in [1.165, 1.54) is 7.05 Å². The van der Waals surface area contributed by atoms with Crippen molar-refractivity contribution in [3.05, 3.63) is 34.2 Å². The minimum Gasteiger partial charge on any atom is -0.437 e. The number of ether oxygens (including phenoxy) is 2. The number of hydrogen-bond donors (Lipinski definition) is 0. The quantitative estimate of drug-likeness (QED) is 0.351. The molecule has 1 heterocycles. The van der Waals surface area contributed by atoms with Crippen LogP contribution in [0.5, 0.6) is 5.75 Å². The molecule has 0 aliphatic carbocycles. The number of nitrogens with zero attached hydrogens (tertiary/aromatic N) is 2. The van der Waals surface area contributed by atoms with Crippen LogP contribution in [-0.2, 0) is 9.53 Å². The molecule has 24 heavy (non-hydrogen) atoms. The predicted octanol–water partition coefficient (Wildman–Crippen LogP) is 3.32. The summed E-state index contributed by atoms with van der Waals surface area (Å²) in [5.41, 5.74) is 0.361. The van der Waals surface area contributed by atoms with Crippen LogP contribution in [0, 0.1) is 5.82 Å². The molecule has 7 nitrogen and oxygen atoms in total. The number of halogens is 2. The Morgan fingerprint density at radius 1 is 1.25 bits per heavy atom. The van der Waals surface area contributed by atoms with E-state index < -0.39 is 23.9 Å². The van der Waals surface area contributed by atoms with E-state index in [4.69, 9.17) is 16.3 Å². The van der Waals surface area contributed by atoms with Crippen LogP contribution in [0.4, 0.5) is 19.7 Å². The number of imide groups is 1. The maximum Gasteiger partial charge on any atom is 0.513 e. The summed E-state index contributed by atoms with van der Waals surface area (Å²) >= 11 is 5.81. The molecular formula is C15H14ClFN2O5. The summed E-state index contributed by atoms with van der Waals surface area (Å²) in [5, 5.41) is -0.212. The van der Waals surface area contributed by atoms with Crippen LogP contribution in [-0.4, -0.2) is 37.2 Å². The average Bonchev–Trinajstić information content (AvgIpc) is 2.72. The largest absolute Gasteiger partial charge is 0.513 e. The molecule has 1 fully saturated rings. The van der Waals surface area contributed by atoms with Crippen molar-refractivity contribution in [3.8, 4) is 5.75 Å². The van der Waals surface area contributed by atoms with Gasteiger partial charge in [0.2, 0.25) is 0 Å². The molecule has 0 atom stereocenters. The molecule has 9 heteroatoms. The number of hydrogen-bond acceptors (Lipinski definition) is 5. The van der Waals surface area contributed by atoms with Gasteiger partial charge in [-0.2, -0.15) is 0 Å². The lowest BCUT2D eigenvalue weighted by Gasteiger charge is -2.16. The molecule has 0 radical (unpaired) electrons. The van der Waals surface area contributed by atoms with E-state index in [1.807, 2.05) is 0 Å². The molecule has 0 spiro atoms. The van der Waals surface area contributed by atoms with Gasteiger partial charge in [-0.3, -0.25) is 9.69 Å². The molecule has 2 rings (SSSR count). The zero-order chi connectivity index (χ0) is 18.2. The zero-order valence-corrected chi connectivity index (χ0v) is 14.1. The van der Waals surface area contributed by atoms with Gasteiger partial charge in [-0.1, -0.05) is 11.6 Å². The highest BCUT2D eigenvalue weighted by Crippen LogP contribution is 2.36. The minimum atomic E-state index is -1.07. The SMILES string of the molecule is COC(=O)Oc1cc(N2C(=O)C(=C(C)C)N(C)C2=O)c(F)cc1Cl. The third-order valence-electron chi connectivity index (χ3n) is 3.30. The van der Waals surface area contributed by atoms with Gasteiger partial charge in [-0.05, 0) is 25.5 Å². The molecule has 0 N–H and O–H groups in total. The summed E-state index contributed by atoms with van der Waals surface area (Å²) in [6, 6.07) is 1.10. The molecule has 128 valence electrons. The van der Waals surface area contributed by atoms with E-state index in [9.17, 15) is 18.8 Å². The number of methoxy groups -OCH3 is 1. The number of benzene rings is 1. The Morgan fingerprint density at radius 2 is 1.88 bits per heavy atom. The number of anilines is 1. The Morgan fingerprint density at radius 3 is 2.38 bits per heavy atom. The maximum atomic E-state index is 14.3. The third kappa shape index (κ3) is 2.92. The van der Waals surface area contributed by atoms with E-state index in [0.717, 1.165) is 24.1 Å². The topological polar surface area (TPSA) is 76.2 Å². The van der Waals surface area contributed by atoms with Crippen molar-refractivity contribution in [1.82, 2.24) is 4.90 Å². The molecule has 1 aliphatic rings. The highest BCUT2D eigenvalue weighted by Gasteiger charge is 2.42. The summed E-state index contributed by atoms with van der Waals surface area (Å²) in [7, 11) is 2.49. The van der Waals surface area contributed by atoms with Gasteiger partial charge in [-0.25, -0.2) is 18.9 Å². The van der Waals surface area contributed by atoms with Crippen LogP contribution < -0.4 is 9.64 Å². The predicted molar refractivity (Wildman–Crippen MR) is 83.5 cm³/mol. The molecule has 0 saturated carbocycles. The van der Waals surface area contributed by atoms with Gasteiger partial charge >= 0.3 is 12.2 Å². The highest BCUT2D eigenvalue weighted by atomic mass is 35.5. The van der Waals surface area contributed by atoms with E-state index in [-0.39, 0.29) is 22.2 Å². The monoisotopic (exact) mass is 356 g/mol. The first kappa shape index (κ1) is 17.7. The maximum absolute atomic E-state index is 14.3. The number of rotatable bonds is 2. The lowest BCUT2D eigenvalue weighted by Crippen LogP contribution is -2.32. The number of amides is 3. The molecule has 1 saturated heterocycles. The molecular weight excluding hydrogens is 343 g/mol. The first-order valence-electron chi connectivity index (χ1n) is 6.73. The van der Waals surface area contributed by atoms with Crippen molar-refractivity contribution in [3.63, 3.8) is 0 Å². The molecule has 1 aliphatic heterocycles. The number of carbonyl (C=O) groups excluding carboxylic acids is 3. The van der Waals surface area contributed by atoms with Gasteiger partial charge in [0.25, 0.3) is 5.91 Å². The van der Waals surface area contributed by atoms with Crippen molar-refractivity contribution in [2.24, 2.45) is 0 Å². The van der Waals surface area contributed by atoms with Gasteiger partial charge < -0.3 is 9.47 Å². The second-order valence-corrected chi connectivity index (χ2v) is 5.53. The second-order valence-electron chi connectivity index (χ2n) is 5.12. The third-order valence-corrected chi connectivity index (χ3v) is 3.59. The van der Waals surface area contributed by atoms with Crippen molar-refractivity contribution >= 4 is 35.4 Å². The summed E-state index contributed by atoms with van der Waals surface area (Å²) in [5.74, 6) is -1.84. The van der Waals surface area contributed by atoms with Crippen LogP contribution in [0.1, 0.15) is 13.8 Å². The fraction of sp³-hybridized carbons (Fsp3) is 0.267. The summed E-state index contributed by atoms with van der Waals surface area (Å²) in [6.45, 7) is 3.31. The highest BCUT2D eigenvalue weighted by molar-refractivity contribution is 6.32. The Labute approximate surface area is 142 Å². The molecule has 0 aromatic heterocycles. The van der Waals surface area contributed by atoms with E-state index in [2.05, 4.69) is 4.74 Å². The van der Waals surface area contributed by atoms with E-state index >= 15 is 0 Å². The van der Waals surface area contributed by atoms with Crippen molar-refractivity contribution < 1.29 is 28.2 Å². The first-order valence-corrected chi connectivity index (χ1v) is 7.11. The van der Waals surface area contributed by atoms with Crippen molar-refractivity contribution in [1.29, 1.82) is 0 Å². The number of carbonyl (C=O) groups is 3. The summed E-state index contributed by atoms with van der Waals surface area (Å²) < 4.78 is 23.4. The molecule has 1 aromatic rings. The lowest BCUT2D eigenvalue weighted by molar-refractivity contribution is -0.114. The van der Waals surface area contributed by atoms with Gasteiger partial charge in [-0.15, -0.1) is 0 Å². The first-order chi connectivity index (χ1) is 11.2. The van der Waals surface area contributed by atoms with Crippen LogP contribution in [0.15, 0.2) is 23.4 Å². The van der Waals surface area contributed by atoms with Gasteiger partial charge in [0.15, 0.2) is 5.75 Å². The normalized spacial score (nSPS) is 14.3. The fourth-order valence-corrected chi connectivity index (χ4v) is 2.43. The van der Waals surface area contributed by atoms with E-state index in [0.29, 0.717) is 10.5 Å². The van der Waals surface area contributed by atoms with Crippen molar-refractivity contribution in [2.75, 3.05) is 19.1 Å². The van der Waals surface area contributed by atoms with Crippen LogP contribution in [0.25, 0.3) is 0 Å². The molecule has 1 aromatic carbocycles. The second kappa shape index (κ2) is 6.48. The van der Waals surface area contributed by atoms with Crippen molar-refractivity contribution in [2.45, 2.75) is 13.8 Å². The summed E-state index contributed by atoms with van der Waals surface area (Å²) in [6.07, 6.45) is -1.07. The van der Waals surface area contributed by atoms with Crippen LogP contribution in [0.3, 0.4) is 0 Å². The Balaban J connectivity index is 2.54. The van der Waals surface area contributed by atoms with E-state index in [1.54, 1.807) is 13.8 Å². The zero-order valence-electron chi connectivity index (χ0n) is 13.3. The molecule has 3 amide bonds. The van der Waals surface area contributed by atoms with Gasteiger partial charge in [0.1, 0.15) is 11.5 Å². The Hall–Kier alpha value is -2.61. The summed E-state index contributed by atoms with van der Waals surface area (Å²) in [4.78, 5) is 37.8. The Kier molecular flexibility index (Phi) is 4.79. The van der Waals surface area contributed by atoms with Gasteiger partial charge in [0.05, 0.1) is 17.8 Å². The fourth-order valence-electron chi connectivity index (χ4n) is 2.24. The average molecular weight is 357 g/mol. The number of likely N-dealkylation sites (N-methyl/N-ethyl adjacent to an activating group) is 1. The van der Waals surface area contributed by atoms with Crippen LogP contribution in [0.2, 0.25) is 5.02 Å². The standard InChI is InChI=1S/C15H14ClFN2O5/c1-7(2)12-13(20)19(14(21)18(12)3)10-6-11(24-15(22)23-4)8(16)5-9(10)17/h5-6H,1-4H3.